The molecule has 0 fully saturated rings. The quantitative estimate of drug-likeness (QED) is 0.689. The van der Waals surface area contributed by atoms with Crippen LogP contribution in [-0.4, -0.2) is 16.0 Å². The van der Waals surface area contributed by atoms with E-state index in [0.29, 0.717) is 6.92 Å². The maximum Gasteiger partial charge on any atom is 0.408 e. The van der Waals surface area contributed by atoms with Gasteiger partial charge in [0.25, 0.3) is 5.92 Å². The van der Waals surface area contributed by atoms with Gasteiger partial charge in [0.15, 0.2) is 0 Å². The second-order valence-corrected chi connectivity index (χ2v) is 2.80. The van der Waals surface area contributed by atoms with Crippen LogP contribution >= 0.6 is 0 Å². The van der Waals surface area contributed by atoms with Crippen LogP contribution in [-0.2, 0) is 12.5 Å². The van der Waals surface area contributed by atoms with Crippen LogP contribution in [0.3, 0.4) is 0 Å². The summed E-state index contributed by atoms with van der Waals surface area (Å²) >= 11 is 0. The van der Waals surface area contributed by atoms with Gasteiger partial charge < -0.3 is 0 Å². The number of rotatable bonds is 2. The van der Waals surface area contributed by atoms with E-state index < -0.39 is 24.3 Å². The lowest BCUT2D eigenvalue weighted by molar-refractivity contribution is -0.144. The molecule has 0 saturated heterocycles. The summed E-state index contributed by atoms with van der Waals surface area (Å²) in [5.41, 5.74) is -0.866. The number of hydrogen-bond acceptors (Lipinski definition) is 1. The van der Waals surface area contributed by atoms with Crippen molar-refractivity contribution in [1.82, 2.24) is 9.78 Å². The van der Waals surface area contributed by atoms with Crippen molar-refractivity contribution in [3.63, 3.8) is 0 Å². The second-order valence-electron chi connectivity index (χ2n) is 2.80. The van der Waals surface area contributed by atoms with Crippen LogP contribution in [0, 0.1) is 6.07 Å². The van der Waals surface area contributed by atoms with Crippen molar-refractivity contribution in [3.8, 4) is 0 Å². The van der Waals surface area contributed by atoms with E-state index in [4.69, 9.17) is 0 Å². The average Bonchev–Trinajstić information content (AvgIpc) is 2.29. The van der Waals surface area contributed by atoms with Crippen molar-refractivity contribution in [3.05, 3.63) is 18.0 Å². The summed E-state index contributed by atoms with van der Waals surface area (Å²) in [5, 5.41) is 3.13. The summed E-state index contributed by atoms with van der Waals surface area (Å²) in [5.74, 6) is -3.37. The van der Waals surface area contributed by atoms with Gasteiger partial charge in [0.05, 0.1) is 6.20 Å². The number of hydrogen-bond donors (Lipinski definition) is 0. The van der Waals surface area contributed by atoms with Crippen molar-refractivity contribution in [1.29, 1.82) is 0 Å². The molecule has 0 amide bonds. The van der Waals surface area contributed by atoms with Gasteiger partial charge in [0, 0.05) is 13.0 Å². The minimum Gasteiger partial charge on any atom is -0.254 e. The summed E-state index contributed by atoms with van der Waals surface area (Å²) in [6, 6.07) is 1.97. The first-order chi connectivity index (χ1) is 6.20. The van der Waals surface area contributed by atoms with Gasteiger partial charge in [-0.1, -0.05) is 0 Å². The zero-order chi connectivity index (χ0) is 11.0. The first kappa shape index (κ1) is 10.9. The topological polar surface area (TPSA) is 17.8 Å². The van der Waals surface area contributed by atoms with Crippen LogP contribution in [0.15, 0.2) is 6.20 Å². The number of nitrogens with zero attached hydrogens (tertiary/aromatic N) is 2. The van der Waals surface area contributed by atoms with Gasteiger partial charge in [-0.05, 0) is 0 Å². The highest BCUT2D eigenvalue weighted by molar-refractivity contribution is 5.05. The predicted molar refractivity (Wildman–Crippen MR) is 36.7 cm³/mol. The summed E-state index contributed by atoms with van der Waals surface area (Å²) < 4.78 is 61.1. The number of halogens is 5. The Hall–Kier alpha value is -1.14. The van der Waals surface area contributed by atoms with Crippen LogP contribution < -0.4 is 0 Å². The second kappa shape index (κ2) is 3.21. The van der Waals surface area contributed by atoms with Crippen LogP contribution in [0.1, 0.15) is 12.6 Å². The lowest BCUT2D eigenvalue weighted by Crippen LogP contribution is -2.24. The van der Waals surface area contributed by atoms with Gasteiger partial charge in [-0.3, -0.25) is 4.68 Å². The molecule has 2 nitrogen and oxygen atoms in total. The van der Waals surface area contributed by atoms with Gasteiger partial charge in [-0.2, -0.15) is 27.1 Å². The van der Waals surface area contributed by atoms with Crippen molar-refractivity contribution < 1.29 is 22.0 Å². The molecule has 1 heterocycles. The monoisotopic (exact) mass is 213 g/mol. The van der Waals surface area contributed by atoms with E-state index in [2.05, 4.69) is 5.10 Å². The van der Waals surface area contributed by atoms with Crippen molar-refractivity contribution in [2.24, 2.45) is 0 Å². The minimum atomic E-state index is -4.57. The zero-order valence-corrected chi connectivity index (χ0v) is 7.07. The average molecular weight is 213 g/mol. The van der Waals surface area contributed by atoms with Gasteiger partial charge in [-0.25, -0.2) is 0 Å². The molecule has 0 spiro atoms. The van der Waals surface area contributed by atoms with Gasteiger partial charge >= 0.3 is 6.18 Å². The Morgan fingerprint density at radius 3 is 2.36 bits per heavy atom. The third-order valence-electron chi connectivity index (χ3n) is 1.40. The molecule has 0 unspecified atom stereocenters. The number of alkyl halides is 5. The zero-order valence-electron chi connectivity index (χ0n) is 7.07. The molecule has 14 heavy (non-hydrogen) atoms. The maximum atomic E-state index is 12.7. The maximum absolute atomic E-state index is 12.7. The molecule has 1 aromatic heterocycles. The summed E-state index contributed by atoms with van der Waals surface area (Å²) in [6.45, 7) is -1.04. The Balaban J connectivity index is 2.95. The largest absolute Gasteiger partial charge is 0.408 e. The molecule has 7 heteroatoms. The number of aromatic nitrogens is 2. The Kier molecular flexibility index (Phi) is 2.51. The summed E-state index contributed by atoms with van der Waals surface area (Å²) in [4.78, 5) is 0. The highest BCUT2D eigenvalue weighted by atomic mass is 19.4. The van der Waals surface area contributed by atoms with Gasteiger partial charge in [0.1, 0.15) is 12.2 Å². The Bertz CT molecular complexity index is 309. The molecular weight excluding hydrogens is 207 g/mol. The van der Waals surface area contributed by atoms with Crippen molar-refractivity contribution in [2.75, 3.05) is 0 Å². The molecule has 0 aliphatic carbocycles. The van der Waals surface area contributed by atoms with E-state index in [0.717, 1.165) is 6.20 Å². The van der Waals surface area contributed by atoms with Crippen molar-refractivity contribution >= 4 is 0 Å². The fourth-order valence-corrected chi connectivity index (χ4v) is 0.935. The van der Waals surface area contributed by atoms with E-state index in [9.17, 15) is 22.0 Å². The molecule has 0 bridgehead atoms. The molecule has 0 saturated carbocycles. The lowest BCUT2D eigenvalue weighted by atomic mass is 10.3. The van der Waals surface area contributed by atoms with E-state index in [-0.39, 0.29) is 4.68 Å². The molecule has 79 valence electrons. The van der Waals surface area contributed by atoms with E-state index in [1.54, 1.807) is 0 Å². The third-order valence-corrected chi connectivity index (χ3v) is 1.40. The smallest absolute Gasteiger partial charge is 0.254 e. The highest BCUT2D eigenvalue weighted by Gasteiger charge is 2.35. The lowest BCUT2D eigenvalue weighted by Gasteiger charge is -2.14. The predicted octanol–water partition coefficient (Wildman–Crippen LogP) is 2.36. The summed E-state index contributed by atoms with van der Waals surface area (Å²) in [6.07, 6.45) is -3.78. The normalized spacial score (nSPS) is 13.3. The van der Waals surface area contributed by atoms with Crippen LogP contribution in [0.25, 0.3) is 0 Å². The Morgan fingerprint density at radius 2 is 1.93 bits per heavy atom. The van der Waals surface area contributed by atoms with Crippen LogP contribution in [0.2, 0.25) is 0 Å². The molecule has 0 aliphatic rings. The minimum absolute atomic E-state index is 0.194. The van der Waals surface area contributed by atoms with Crippen molar-refractivity contribution in [2.45, 2.75) is 25.6 Å². The third kappa shape index (κ3) is 2.68. The Labute approximate surface area is 76.3 Å². The highest BCUT2D eigenvalue weighted by Crippen LogP contribution is 2.28. The van der Waals surface area contributed by atoms with E-state index >= 15 is 0 Å². The molecule has 0 aromatic carbocycles. The first-order valence-corrected chi connectivity index (χ1v) is 3.59. The molecule has 0 aliphatic heterocycles. The van der Waals surface area contributed by atoms with Gasteiger partial charge in [-0.15, -0.1) is 0 Å². The molecule has 0 atom stereocenters. The SMILES string of the molecule is CC(F)(F)c1[c]cnn1CC(F)(F)F. The van der Waals surface area contributed by atoms with E-state index in [1.165, 1.54) is 0 Å². The molecule has 1 aromatic rings. The van der Waals surface area contributed by atoms with Crippen LogP contribution in [0.4, 0.5) is 22.0 Å². The summed E-state index contributed by atoms with van der Waals surface area (Å²) in [7, 11) is 0. The molecular formula is C7H6F5N2. The van der Waals surface area contributed by atoms with Gasteiger partial charge in [0.2, 0.25) is 0 Å². The first-order valence-electron chi connectivity index (χ1n) is 3.59. The molecule has 0 N–H and O–H groups in total. The molecule has 1 radical (unpaired) electrons. The fourth-order valence-electron chi connectivity index (χ4n) is 0.935. The standard InChI is InChI=1S/C7H6F5N2/c1-6(8,9)5-2-3-13-14(5)4-7(10,11)12/h3H,4H2,1H3. The fraction of sp³-hybridized carbons (Fsp3) is 0.571. The molecule has 1 rings (SSSR count). The Morgan fingerprint density at radius 1 is 1.36 bits per heavy atom. The van der Waals surface area contributed by atoms with E-state index in [1.807, 2.05) is 6.07 Å². The van der Waals surface area contributed by atoms with Crippen LogP contribution in [0.5, 0.6) is 0 Å².